The molecule has 26 heavy (non-hydrogen) atoms. The van der Waals surface area contributed by atoms with Crippen LogP contribution in [0.4, 0.5) is 10.5 Å². The lowest BCUT2D eigenvalue weighted by molar-refractivity contribution is -0.122. The van der Waals surface area contributed by atoms with Crippen LogP contribution in [0.2, 0.25) is 0 Å². The van der Waals surface area contributed by atoms with E-state index in [0.29, 0.717) is 19.5 Å². The van der Waals surface area contributed by atoms with E-state index in [1.165, 1.54) is 32.1 Å². The molecule has 1 aliphatic carbocycles. The smallest absolute Gasteiger partial charge is 0.321 e. The number of urea groups is 1. The lowest BCUT2D eigenvalue weighted by Crippen LogP contribution is -2.47. The molecule has 1 saturated heterocycles. The predicted octanol–water partition coefficient (Wildman–Crippen LogP) is 4.16. The number of piperidine rings is 1. The van der Waals surface area contributed by atoms with Crippen LogP contribution < -0.4 is 10.6 Å². The Balaban J connectivity index is 1.34. The Kier molecular flexibility index (Phi) is 6.92. The van der Waals surface area contributed by atoms with Crippen molar-refractivity contribution in [2.45, 2.75) is 63.8 Å². The van der Waals surface area contributed by atoms with Gasteiger partial charge in [0.05, 0.1) is 0 Å². The number of amides is 3. The summed E-state index contributed by atoms with van der Waals surface area (Å²) in [5.41, 5.74) is 0.815. The van der Waals surface area contributed by atoms with Gasteiger partial charge in [0.15, 0.2) is 0 Å². The van der Waals surface area contributed by atoms with Gasteiger partial charge in [-0.3, -0.25) is 4.79 Å². The molecular formula is C21H31N3O2. The van der Waals surface area contributed by atoms with E-state index in [9.17, 15) is 9.59 Å². The van der Waals surface area contributed by atoms with Gasteiger partial charge in [0.25, 0.3) is 0 Å². The average Bonchev–Trinajstić information content (AvgIpc) is 2.68. The first-order valence-corrected chi connectivity index (χ1v) is 10.1. The van der Waals surface area contributed by atoms with Gasteiger partial charge in [-0.1, -0.05) is 50.3 Å². The molecule has 3 rings (SSSR count). The summed E-state index contributed by atoms with van der Waals surface area (Å²) in [5, 5.41) is 6.09. The average molecular weight is 357 g/mol. The van der Waals surface area contributed by atoms with Gasteiger partial charge in [0.1, 0.15) is 0 Å². The fraction of sp³-hybridized carbons (Fsp3) is 0.619. The SMILES string of the molecule is O=C(CCC1CCCCC1)NC1CCN(C(=O)Nc2ccccc2)CC1. The topological polar surface area (TPSA) is 61.4 Å². The molecule has 2 aliphatic rings. The van der Waals surface area contributed by atoms with E-state index in [1.807, 2.05) is 35.2 Å². The molecule has 0 bridgehead atoms. The second kappa shape index (κ2) is 9.60. The largest absolute Gasteiger partial charge is 0.353 e. The van der Waals surface area contributed by atoms with Gasteiger partial charge in [-0.25, -0.2) is 4.79 Å². The summed E-state index contributed by atoms with van der Waals surface area (Å²) < 4.78 is 0. The molecule has 0 unspecified atom stereocenters. The van der Waals surface area contributed by atoms with Crippen LogP contribution in [0.25, 0.3) is 0 Å². The highest BCUT2D eigenvalue weighted by Crippen LogP contribution is 2.27. The third-order valence-corrected chi connectivity index (χ3v) is 5.68. The van der Waals surface area contributed by atoms with E-state index in [-0.39, 0.29) is 18.0 Å². The van der Waals surface area contributed by atoms with Gasteiger partial charge in [-0.15, -0.1) is 0 Å². The highest BCUT2D eigenvalue weighted by molar-refractivity contribution is 5.89. The van der Waals surface area contributed by atoms with Crippen LogP contribution in [0, 0.1) is 5.92 Å². The maximum absolute atomic E-state index is 12.3. The molecule has 2 fully saturated rings. The maximum atomic E-state index is 12.3. The zero-order valence-electron chi connectivity index (χ0n) is 15.6. The molecule has 5 heteroatoms. The summed E-state index contributed by atoms with van der Waals surface area (Å²) >= 11 is 0. The van der Waals surface area contributed by atoms with Crippen molar-refractivity contribution in [2.75, 3.05) is 18.4 Å². The lowest BCUT2D eigenvalue weighted by atomic mass is 9.86. The quantitative estimate of drug-likeness (QED) is 0.831. The zero-order chi connectivity index (χ0) is 18.2. The normalized spacial score (nSPS) is 19.2. The monoisotopic (exact) mass is 357 g/mol. The second-order valence-corrected chi connectivity index (χ2v) is 7.67. The van der Waals surface area contributed by atoms with E-state index < -0.39 is 0 Å². The van der Waals surface area contributed by atoms with Gasteiger partial charge in [-0.05, 0) is 37.3 Å². The highest BCUT2D eigenvalue weighted by atomic mass is 16.2. The van der Waals surface area contributed by atoms with Gasteiger partial charge < -0.3 is 15.5 Å². The number of benzene rings is 1. The van der Waals surface area contributed by atoms with Gasteiger partial charge in [-0.2, -0.15) is 0 Å². The minimum Gasteiger partial charge on any atom is -0.353 e. The minimum absolute atomic E-state index is 0.0572. The van der Waals surface area contributed by atoms with E-state index in [4.69, 9.17) is 0 Å². The summed E-state index contributed by atoms with van der Waals surface area (Å²) in [6.45, 7) is 1.37. The number of carbonyl (C=O) groups is 2. The molecule has 1 aromatic rings. The first-order chi connectivity index (χ1) is 12.7. The molecule has 1 heterocycles. The fourth-order valence-electron chi connectivity index (χ4n) is 4.06. The molecule has 0 aromatic heterocycles. The van der Waals surface area contributed by atoms with E-state index in [1.54, 1.807) is 0 Å². The summed E-state index contributed by atoms with van der Waals surface area (Å²) in [6, 6.07) is 9.66. The van der Waals surface area contributed by atoms with Gasteiger partial charge >= 0.3 is 6.03 Å². The number of nitrogens with one attached hydrogen (secondary N) is 2. The van der Waals surface area contributed by atoms with Crippen LogP contribution in [-0.2, 0) is 4.79 Å². The third kappa shape index (κ3) is 5.75. The zero-order valence-corrected chi connectivity index (χ0v) is 15.6. The van der Waals surface area contributed by atoms with E-state index >= 15 is 0 Å². The third-order valence-electron chi connectivity index (χ3n) is 5.68. The number of likely N-dealkylation sites (tertiary alicyclic amines) is 1. The lowest BCUT2D eigenvalue weighted by Gasteiger charge is -2.32. The molecule has 1 saturated carbocycles. The van der Waals surface area contributed by atoms with Gasteiger partial charge in [0.2, 0.25) is 5.91 Å². The molecule has 1 aromatic carbocycles. The van der Waals surface area contributed by atoms with Crippen LogP contribution in [0.5, 0.6) is 0 Å². The van der Waals surface area contributed by atoms with Crippen molar-refractivity contribution in [2.24, 2.45) is 5.92 Å². The molecule has 5 nitrogen and oxygen atoms in total. The van der Waals surface area contributed by atoms with E-state index in [2.05, 4.69) is 10.6 Å². The molecule has 2 N–H and O–H groups in total. The Hall–Kier alpha value is -2.04. The molecule has 0 atom stereocenters. The molecule has 0 spiro atoms. The summed E-state index contributed by atoms with van der Waals surface area (Å²) in [7, 11) is 0. The Morgan fingerprint density at radius 3 is 2.35 bits per heavy atom. The summed E-state index contributed by atoms with van der Waals surface area (Å²) in [6.07, 6.45) is 9.95. The van der Waals surface area contributed by atoms with Crippen LogP contribution in [0.15, 0.2) is 30.3 Å². The number of anilines is 1. The van der Waals surface area contributed by atoms with Crippen molar-refractivity contribution in [3.8, 4) is 0 Å². The standard InChI is InChI=1S/C21H31N3O2/c25-20(12-11-17-7-3-1-4-8-17)22-19-13-15-24(16-14-19)21(26)23-18-9-5-2-6-10-18/h2,5-6,9-10,17,19H,1,3-4,7-8,11-16H2,(H,22,25)(H,23,26). The van der Waals surface area contributed by atoms with Crippen LogP contribution in [0.1, 0.15) is 57.8 Å². The number of para-hydroxylation sites is 1. The summed E-state index contributed by atoms with van der Waals surface area (Å²) in [5.74, 6) is 0.931. The Labute approximate surface area is 156 Å². The number of hydrogen-bond acceptors (Lipinski definition) is 2. The predicted molar refractivity (Wildman–Crippen MR) is 104 cm³/mol. The molecular weight excluding hydrogens is 326 g/mol. The van der Waals surface area contributed by atoms with Crippen LogP contribution in [-0.4, -0.2) is 36.0 Å². The second-order valence-electron chi connectivity index (χ2n) is 7.67. The number of nitrogens with zero attached hydrogens (tertiary/aromatic N) is 1. The summed E-state index contributed by atoms with van der Waals surface area (Å²) in [4.78, 5) is 26.3. The Bertz CT molecular complexity index is 576. The molecule has 142 valence electrons. The maximum Gasteiger partial charge on any atom is 0.321 e. The van der Waals surface area contributed by atoms with Crippen molar-refractivity contribution in [1.29, 1.82) is 0 Å². The number of carbonyl (C=O) groups excluding carboxylic acids is 2. The molecule has 0 radical (unpaired) electrons. The first kappa shape index (κ1) is 18.7. The van der Waals surface area contributed by atoms with Crippen LogP contribution >= 0.6 is 0 Å². The van der Waals surface area contributed by atoms with Crippen molar-refractivity contribution >= 4 is 17.6 Å². The highest BCUT2D eigenvalue weighted by Gasteiger charge is 2.24. The fourth-order valence-corrected chi connectivity index (χ4v) is 4.06. The van der Waals surface area contributed by atoms with Gasteiger partial charge in [0, 0.05) is 31.2 Å². The Morgan fingerprint density at radius 1 is 0.962 bits per heavy atom. The van der Waals surface area contributed by atoms with Crippen molar-refractivity contribution in [3.05, 3.63) is 30.3 Å². The van der Waals surface area contributed by atoms with Crippen LogP contribution in [0.3, 0.4) is 0 Å². The number of rotatable bonds is 5. The minimum atomic E-state index is -0.0572. The Morgan fingerprint density at radius 2 is 1.65 bits per heavy atom. The molecule has 3 amide bonds. The van der Waals surface area contributed by atoms with E-state index in [0.717, 1.165) is 30.9 Å². The van der Waals surface area contributed by atoms with Crippen molar-refractivity contribution < 1.29 is 9.59 Å². The van der Waals surface area contributed by atoms with Crippen molar-refractivity contribution in [1.82, 2.24) is 10.2 Å². The number of hydrogen-bond donors (Lipinski definition) is 2. The first-order valence-electron chi connectivity index (χ1n) is 10.1. The molecule has 1 aliphatic heterocycles. The van der Waals surface area contributed by atoms with Crippen molar-refractivity contribution in [3.63, 3.8) is 0 Å².